The van der Waals surface area contributed by atoms with Crippen molar-refractivity contribution in [3.05, 3.63) is 41.7 Å². The van der Waals surface area contributed by atoms with E-state index in [-0.39, 0.29) is 23.0 Å². The van der Waals surface area contributed by atoms with Crippen molar-refractivity contribution >= 4 is 5.91 Å². The van der Waals surface area contributed by atoms with Crippen LogP contribution in [0.15, 0.2) is 24.3 Å². The molecular formula is C19H23FN4O2. The molecule has 6 nitrogen and oxygen atoms in total. The van der Waals surface area contributed by atoms with Crippen LogP contribution >= 0.6 is 0 Å². The third-order valence-corrected chi connectivity index (χ3v) is 5.33. The number of para-hydroxylation sites is 1. The molecule has 1 atom stereocenters. The van der Waals surface area contributed by atoms with Gasteiger partial charge in [-0.2, -0.15) is 0 Å². The molecule has 1 amide bonds. The summed E-state index contributed by atoms with van der Waals surface area (Å²) in [5, 5.41) is 4.36. The summed E-state index contributed by atoms with van der Waals surface area (Å²) in [6, 6.07) is 6.42. The zero-order valence-corrected chi connectivity index (χ0v) is 14.9. The number of carbonyl (C=O) groups excluding carboxylic acids is 1. The van der Waals surface area contributed by atoms with Crippen molar-refractivity contribution in [1.29, 1.82) is 0 Å². The fraction of sp³-hybridized carbons (Fsp3) is 0.526. The van der Waals surface area contributed by atoms with Gasteiger partial charge in [0.05, 0.1) is 6.61 Å². The highest BCUT2D eigenvalue weighted by molar-refractivity contribution is 5.90. The largest absolute Gasteiger partial charge is 0.381 e. The number of amides is 1. The summed E-state index contributed by atoms with van der Waals surface area (Å²) in [6.45, 7) is 4.88. The maximum absolute atomic E-state index is 14.2. The Hall–Kier alpha value is -2.28. The van der Waals surface area contributed by atoms with Crippen molar-refractivity contribution in [3.8, 4) is 5.69 Å². The van der Waals surface area contributed by atoms with Gasteiger partial charge in [0.15, 0.2) is 0 Å². The third kappa shape index (κ3) is 3.00. The number of hydrogen-bond acceptors (Lipinski definition) is 4. The van der Waals surface area contributed by atoms with Crippen molar-refractivity contribution in [1.82, 2.24) is 19.7 Å². The summed E-state index contributed by atoms with van der Waals surface area (Å²) < 4.78 is 21.2. The van der Waals surface area contributed by atoms with Crippen molar-refractivity contribution in [2.24, 2.45) is 5.41 Å². The number of carbonyl (C=O) groups is 1. The highest BCUT2D eigenvalue weighted by Gasteiger charge is 2.43. The molecule has 0 aliphatic carbocycles. The molecule has 1 unspecified atom stereocenters. The summed E-state index contributed by atoms with van der Waals surface area (Å²) in [7, 11) is 0. The van der Waals surface area contributed by atoms with Crippen LogP contribution in [0.5, 0.6) is 0 Å². The Kier molecular flexibility index (Phi) is 4.48. The molecule has 2 aromatic rings. The van der Waals surface area contributed by atoms with Gasteiger partial charge in [-0.3, -0.25) is 4.79 Å². The van der Waals surface area contributed by atoms with E-state index in [9.17, 15) is 9.18 Å². The summed E-state index contributed by atoms with van der Waals surface area (Å²) in [5.41, 5.74) is 0.417. The lowest BCUT2D eigenvalue weighted by Crippen LogP contribution is -2.33. The molecule has 7 heteroatoms. The van der Waals surface area contributed by atoms with Crippen LogP contribution in [0.1, 0.15) is 42.6 Å². The Morgan fingerprint density at radius 2 is 2.19 bits per heavy atom. The standard InChI is InChI=1S/C19H23FN4O2/c1-2-5-16-21-17(22-24(16)15-7-4-3-6-14(15)20)18(25)23-10-8-19(12-23)9-11-26-13-19/h3-4,6-7H,2,5,8-13H2,1H3. The smallest absolute Gasteiger partial charge is 0.293 e. The van der Waals surface area contributed by atoms with Crippen LogP contribution in [0.3, 0.4) is 0 Å². The SMILES string of the molecule is CCCc1nc(C(=O)N2CCC3(CCOC3)C2)nn1-c1ccccc1F. The van der Waals surface area contributed by atoms with E-state index in [1.54, 1.807) is 18.2 Å². The van der Waals surface area contributed by atoms with Gasteiger partial charge in [0.1, 0.15) is 17.3 Å². The first kappa shape index (κ1) is 17.1. The Morgan fingerprint density at radius 1 is 1.35 bits per heavy atom. The average molecular weight is 358 g/mol. The number of likely N-dealkylation sites (tertiary alicyclic amines) is 1. The molecule has 2 saturated heterocycles. The Morgan fingerprint density at radius 3 is 2.92 bits per heavy atom. The van der Waals surface area contributed by atoms with Crippen molar-refractivity contribution in [3.63, 3.8) is 0 Å². The first-order valence-electron chi connectivity index (χ1n) is 9.20. The number of ether oxygens (including phenoxy) is 1. The normalized spacial score (nSPS) is 22.5. The fourth-order valence-electron chi connectivity index (χ4n) is 3.86. The van der Waals surface area contributed by atoms with Gasteiger partial charge in [0.25, 0.3) is 5.91 Å². The van der Waals surface area contributed by atoms with Crippen LogP contribution in [0.2, 0.25) is 0 Å². The van der Waals surface area contributed by atoms with Gasteiger partial charge in [0.2, 0.25) is 5.82 Å². The third-order valence-electron chi connectivity index (χ3n) is 5.33. The lowest BCUT2D eigenvalue weighted by atomic mass is 9.87. The minimum atomic E-state index is -0.378. The van der Waals surface area contributed by atoms with Gasteiger partial charge in [-0.15, -0.1) is 5.10 Å². The second-order valence-electron chi connectivity index (χ2n) is 7.24. The Bertz CT molecular complexity index is 814. The molecule has 1 aromatic carbocycles. The van der Waals surface area contributed by atoms with E-state index in [2.05, 4.69) is 10.1 Å². The lowest BCUT2D eigenvalue weighted by Gasteiger charge is -2.21. The van der Waals surface area contributed by atoms with E-state index in [1.165, 1.54) is 10.7 Å². The van der Waals surface area contributed by atoms with E-state index < -0.39 is 0 Å². The van der Waals surface area contributed by atoms with Crippen molar-refractivity contribution in [2.45, 2.75) is 32.6 Å². The maximum Gasteiger partial charge on any atom is 0.293 e. The van der Waals surface area contributed by atoms with E-state index in [4.69, 9.17) is 4.74 Å². The molecule has 2 aliphatic heterocycles. The molecule has 26 heavy (non-hydrogen) atoms. The van der Waals surface area contributed by atoms with Gasteiger partial charge < -0.3 is 9.64 Å². The molecule has 0 saturated carbocycles. The van der Waals surface area contributed by atoms with E-state index in [0.29, 0.717) is 31.0 Å². The van der Waals surface area contributed by atoms with E-state index in [0.717, 1.165) is 32.5 Å². The number of nitrogens with zero attached hydrogens (tertiary/aromatic N) is 4. The van der Waals surface area contributed by atoms with Crippen LogP contribution in [-0.4, -0.2) is 51.9 Å². The molecule has 3 heterocycles. The summed E-state index contributed by atoms with van der Waals surface area (Å²) in [5.74, 6) is 0.199. The average Bonchev–Trinajstić information content (AvgIpc) is 3.37. The number of halogens is 1. The van der Waals surface area contributed by atoms with E-state index >= 15 is 0 Å². The number of rotatable bonds is 4. The number of aromatic nitrogens is 3. The number of benzene rings is 1. The predicted octanol–water partition coefficient (Wildman–Crippen LogP) is 2.61. The maximum atomic E-state index is 14.2. The first-order chi connectivity index (χ1) is 12.6. The number of hydrogen-bond donors (Lipinski definition) is 0. The quantitative estimate of drug-likeness (QED) is 0.843. The molecular weight excluding hydrogens is 335 g/mol. The zero-order valence-electron chi connectivity index (χ0n) is 14.9. The van der Waals surface area contributed by atoms with Crippen molar-refractivity contribution < 1.29 is 13.9 Å². The minimum Gasteiger partial charge on any atom is -0.381 e. The highest BCUT2D eigenvalue weighted by atomic mass is 19.1. The summed E-state index contributed by atoms with van der Waals surface area (Å²) >= 11 is 0. The predicted molar refractivity (Wildman–Crippen MR) is 93.7 cm³/mol. The molecule has 2 fully saturated rings. The Labute approximate surface area is 152 Å². The van der Waals surface area contributed by atoms with Crippen molar-refractivity contribution in [2.75, 3.05) is 26.3 Å². The summed E-state index contributed by atoms with van der Waals surface area (Å²) in [4.78, 5) is 19.2. The summed E-state index contributed by atoms with van der Waals surface area (Å²) in [6.07, 6.45) is 3.42. The fourth-order valence-corrected chi connectivity index (χ4v) is 3.86. The first-order valence-corrected chi connectivity index (χ1v) is 9.20. The van der Waals surface area contributed by atoms with E-state index in [1.807, 2.05) is 11.8 Å². The second-order valence-corrected chi connectivity index (χ2v) is 7.24. The van der Waals surface area contributed by atoms with Crippen LogP contribution < -0.4 is 0 Å². The molecule has 138 valence electrons. The lowest BCUT2D eigenvalue weighted by molar-refractivity contribution is 0.0753. The van der Waals surface area contributed by atoms with Crippen LogP contribution in [0.25, 0.3) is 5.69 Å². The van der Waals surface area contributed by atoms with Crippen LogP contribution in [0, 0.1) is 11.2 Å². The molecule has 0 bridgehead atoms. The Balaban J connectivity index is 1.62. The molecule has 0 radical (unpaired) electrons. The molecule has 1 spiro atoms. The number of aryl methyl sites for hydroxylation is 1. The van der Waals surface area contributed by atoms with Gasteiger partial charge >= 0.3 is 0 Å². The van der Waals surface area contributed by atoms with Crippen LogP contribution in [0.4, 0.5) is 4.39 Å². The van der Waals surface area contributed by atoms with Gasteiger partial charge in [-0.25, -0.2) is 14.1 Å². The molecule has 2 aliphatic rings. The monoisotopic (exact) mass is 358 g/mol. The second kappa shape index (κ2) is 6.79. The molecule has 4 rings (SSSR count). The zero-order chi connectivity index (χ0) is 18.1. The van der Waals surface area contributed by atoms with Gasteiger partial charge in [-0.1, -0.05) is 19.1 Å². The van der Waals surface area contributed by atoms with Gasteiger partial charge in [0, 0.05) is 31.5 Å². The molecule has 0 N–H and O–H groups in total. The highest BCUT2D eigenvalue weighted by Crippen LogP contribution is 2.38. The minimum absolute atomic E-state index is 0.0933. The topological polar surface area (TPSA) is 60.3 Å². The van der Waals surface area contributed by atoms with Gasteiger partial charge in [-0.05, 0) is 31.4 Å². The van der Waals surface area contributed by atoms with Crippen LogP contribution in [-0.2, 0) is 11.2 Å². The molecule has 1 aromatic heterocycles.